The lowest BCUT2D eigenvalue weighted by atomic mass is 10.0. The van der Waals surface area contributed by atoms with Crippen LogP contribution in [0, 0.1) is 0 Å². The Labute approximate surface area is 145 Å². The largest absolute Gasteiger partial charge is 0.338 e. The maximum atomic E-state index is 12.4. The topological polar surface area (TPSA) is 80.0 Å². The van der Waals surface area contributed by atoms with Gasteiger partial charge >= 0.3 is 5.69 Å². The molecule has 0 aliphatic carbocycles. The minimum atomic E-state index is -0.0165. The van der Waals surface area contributed by atoms with Gasteiger partial charge in [-0.05, 0) is 31.9 Å². The highest BCUT2D eigenvalue weighted by atomic mass is 16.5. The molecule has 1 aliphatic rings. The molecule has 1 atom stereocenters. The molecule has 0 radical (unpaired) electrons. The summed E-state index contributed by atoms with van der Waals surface area (Å²) < 4.78 is 7.30. The average Bonchev–Trinajstić information content (AvgIpc) is 3.25. The summed E-state index contributed by atoms with van der Waals surface area (Å²) in [5, 5.41) is 3.99. The summed E-state index contributed by atoms with van der Waals surface area (Å²) in [5.74, 6) is 1.43. The minimum Gasteiger partial charge on any atom is -0.338 e. The van der Waals surface area contributed by atoms with E-state index >= 15 is 0 Å². The second-order valence-electron chi connectivity index (χ2n) is 6.66. The number of aromatic amines is 1. The van der Waals surface area contributed by atoms with Gasteiger partial charge in [-0.15, -0.1) is 0 Å². The summed E-state index contributed by atoms with van der Waals surface area (Å²) in [7, 11) is 0. The van der Waals surface area contributed by atoms with E-state index in [1.54, 1.807) is 0 Å². The Balaban J connectivity index is 1.49. The lowest BCUT2D eigenvalue weighted by Gasteiger charge is -2.34. The predicted molar refractivity (Wildman–Crippen MR) is 94.5 cm³/mol. The van der Waals surface area contributed by atoms with Gasteiger partial charge in [-0.25, -0.2) is 4.79 Å². The zero-order valence-electron chi connectivity index (χ0n) is 14.6. The van der Waals surface area contributed by atoms with Crippen molar-refractivity contribution in [3.05, 3.63) is 46.5 Å². The number of hydrogen-bond acceptors (Lipinski definition) is 5. The van der Waals surface area contributed by atoms with Crippen LogP contribution in [0.25, 0.3) is 11.0 Å². The molecule has 1 saturated heterocycles. The Hall–Kier alpha value is -2.41. The van der Waals surface area contributed by atoms with Crippen molar-refractivity contribution in [1.82, 2.24) is 24.6 Å². The Morgan fingerprint density at radius 3 is 2.80 bits per heavy atom. The van der Waals surface area contributed by atoms with Gasteiger partial charge in [0, 0.05) is 25.6 Å². The summed E-state index contributed by atoms with van der Waals surface area (Å²) in [5.41, 5.74) is 1.88. The lowest BCUT2D eigenvalue weighted by Crippen LogP contribution is -2.38. The number of rotatable bonds is 4. The van der Waals surface area contributed by atoms with Crippen molar-refractivity contribution in [1.29, 1.82) is 0 Å². The molecule has 2 aromatic heterocycles. The SMILES string of the molecule is CCc1noc(C(C)N2CCC(n3c(=O)[nH]c4ccccc43)CC2)n1. The molecule has 7 nitrogen and oxygen atoms in total. The molecule has 1 aromatic carbocycles. The highest BCUT2D eigenvalue weighted by Crippen LogP contribution is 2.29. The van der Waals surface area contributed by atoms with Crippen LogP contribution in [0.1, 0.15) is 50.5 Å². The summed E-state index contributed by atoms with van der Waals surface area (Å²) in [4.78, 5) is 22.1. The number of piperidine rings is 1. The highest BCUT2D eigenvalue weighted by Gasteiger charge is 2.28. The number of nitrogens with one attached hydrogen (secondary N) is 1. The van der Waals surface area contributed by atoms with E-state index in [1.165, 1.54) is 0 Å². The fourth-order valence-electron chi connectivity index (χ4n) is 3.71. The van der Waals surface area contributed by atoms with E-state index in [9.17, 15) is 4.79 Å². The van der Waals surface area contributed by atoms with Gasteiger partial charge < -0.3 is 9.51 Å². The predicted octanol–water partition coefficient (Wildman–Crippen LogP) is 2.67. The van der Waals surface area contributed by atoms with Gasteiger partial charge in [0.05, 0.1) is 17.1 Å². The number of H-pyrrole nitrogens is 1. The smallest absolute Gasteiger partial charge is 0.326 e. The van der Waals surface area contributed by atoms with Gasteiger partial charge in [-0.3, -0.25) is 9.47 Å². The van der Waals surface area contributed by atoms with Crippen molar-refractivity contribution in [2.24, 2.45) is 0 Å². The van der Waals surface area contributed by atoms with Crippen LogP contribution in [0.5, 0.6) is 0 Å². The van der Waals surface area contributed by atoms with Crippen LogP contribution in [0.3, 0.4) is 0 Å². The van der Waals surface area contributed by atoms with Crippen LogP contribution in [0.4, 0.5) is 0 Å². The van der Waals surface area contributed by atoms with Crippen LogP contribution >= 0.6 is 0 Å². The number of fused-ring (bicyclic) bond motifs is 1. The molecule has 132 valence electrons. The van der Waals surface area contributed by atoms with Crippen molar-refractivity contribution in [2.75, 3.05) is 13.1 Å². The Morgan fingerprint density at radius 2 is 2.08 bits per heavy atom. The van der Waals surface area contributed by atoms with E-state index in [0.29, 0.717) is 5.89 Å². The van der Waals surface area contributed by atoms with Crippen LogP contribution in [-0.2, 0) is 6.42 Å². The van der Waals surface area contributed by atoms with E-state index in [4.69, 9.17) is 4.52 Å². The molecule has 1 fully saturated rings. The Morgan fingerprint density at radius 1 is 1.32 bits per heavy atom. The number of imidazole rings is 1. The summed E-state index contributed by atoms with van der Waals surface area (Å²) in [6, 6.07) is 8.21. The van der Waals surface area contributed by atoms with Gasteiger partial charge in [-0.2, -0.15) is 4.98 Å². The zero-order valence-corrected chi connectivity index (χ0v) is 14.6. The van der Waals surface area contributed by atoms with Crippen LogP contribution in [0.15, 0.2) is 33.6 Å². The molecule has 0 spiro atoms. The average molecular weight is 341 g/mol. The first kappa shape index (κ1) is 16.1. The number of aryl methyl sites for hydroxylation is 1. The number of nitrogens with zero attached hydrogens (tertiary/aromatic N) is 4. The molecule has 1 unspecified atom stereocenters. The first-order valence-corrected chi connectivity index (χ1v) is 8.93. The standard InChI is InChI=1S/C18H23N5O2/c1-3-16-20-17(25-21-16)12(2)22-10-8-13(9-11-22)23-15-7-5-4-6-14(15)19-18(23)24/h4-7,12-13H,3,8-11H2,1-2H3,(H,19,24). The molecule has 1 N–H and O–H groups in total. The third-order valence-corrected chi connectivity index (χ3v) is 5.19. The Kier molecular flexibility index (Phi) is 4.17. The fourth-order valence-corrected chi connectivity index (χ4v) is 3.71. The fraction of sp³-hybridized carbons (Fsp3) is 0.500. The maximum Gasteiger partial charge on any atom is 0.326 e. The first-order valence-electron chi connectivity index (χ1n) is 8.93. The van der Waals surface area contributed by atoms with Gasteiger partial charge in [0.2, 0.25) is 5.89 Å². The van der Waals surface area contributed by atoms with E-state index in [1.807, 2.05) is 35.8 Å². The highest BCUT2D eigenvalue weighted by molar-refractivity contribution is 5.75. The molecule has 0 amide bonds. The molecule has 0 saturated carbocycles. The second-order valence-corrected chi connectivity index (χ2v) is 6.66. The van der Waals surface area contributed by atoms with Gasteiger partial charge in [0.25, 0.3) is 0 Å². The lowest BCUT2D eigenvalue weighted by molar-refractivity contribution is 0.122. The summed E-state index contributed by atoms with van der Waals surface area (Å²) in [6.07, 6.45) is 2.64. The molecule has 0 bridgehead atoms. The van der Waals surface area contributed by atoms with Crippen molar-refractivity contribution in [3.63, 3.8) is 0 Å². The van der Waals surface area contributed by atoms with Gasteiger partial charge in [0.15, 0.2) is 5.82 Å². The molecular formula is C18H23N5O2. The minimum absolute atomic E-state index is 0.0165. The van der Waals surface area contributed by atoms with E-state index in [2.05, 4.69) is 26.9 Å². The molecule has 4 rings (SSSR count). The zero-order chi connectivity index (χ0) is 17.4. The maximum absolute atomic E-state index is 12.4. The number of hydrogen-bond donors (Lipinski definition) is 1. The molecule has 25 heavy (non-hydrogen) atoms. The second kappa shape index (κ2) is 6.48. The van der Waals surface area contributed by atoms with Crippen molar-refractivity contribution in [2.45, 2.75) is 45.2 Å². The first-order chi connectivity index (χ1) is 12.2. The normalized spacial score (nSPS) is 18.0. The van der Waals surface area contributed by atoms with Crippen LogP contribution in [-0.4, -0.2) is 37.7 Å². The number of para-hydroxylation sites is 2. The Bertz CT molecular complexity index is 917. The molecule has 3 heterocycles. The number of benzene rings is 1. The molecular weight excluding hydrogens is 318 g/mol. The molecule has 7 heteroatoms. The third-order valence-electron chi connectivity index (χ3n) is 5.19. The van der Waals surface area contributed by atoms with Crippen molar-refractivity contribution in [3.8, 4) is 0 Å². The summed E-state index contributed by atoms with van der Waals surface area (Å²) >= 11 is 0. The molecule has 3 aromatic rings. The monoisotopic (exact) mass is 341 g/mol. The number of aromatic nitrogens is 4. The van der Waals surface area contributed by atoms with Crippen molar-refractivity contribution < 1.29 is 4.52 Å². The summed E-state index contributed by atoms with van der Waals surface area (Å²) in [6.45, 7) is 5.93. The quantitative estimate of drug-likeness (QED) is 0.789. The van der Waals surface area contributed by atoms with Crippen LogP contribution < -0.4 is 5.69 Å². The van der Waals surface area contributed by atoms with E-state index in [0.717, 1.165) is 49.2 Å². The van der Waals surface area contributed by atoms with Gasteiger partial charge in [0.1, 0.15) is 0 Å². The van der Waals surface area contributed by atoms with E-state index < -0.39 is 0 Å². The third kappa shape index (κ3) is 2.89. The van der Waals surface area contributed by atoms with E-state index in [-0.39, 0.29) is 17.8 Å². The van der Waals surface area contributed by atoms with Crippen LogP contribution in [0.2, 0.25) is 0 Å². The number of likely N-dealkylation sites (tertiary alicyclic amines) is 1. The van der Waals surface area contributed by atoms with Crippen molar-refractivity contribution >= 4 is 11.0 Å². The molecule has 1 aliphatic heterocycles. The van der Waals surface area contributed by atoms with Gasteiger partial charge in [-0.1, -0.05) is 24.2 Å².